The largest absolute Gasteiger partial charge is 0.345 e. The average Bonchev–Trinajstić information content (AvgIpc) is 3.08. The number of rotatable bonds is 8. The summed E-state index contributed by atoms with van der Waals surface area (Å²) in [5, 5.41) is 13.0. The Bertz CT molecular complexity index is 969. The second kappa shape index (κ2) is 9.57. The highest BCUT2D eigenvalue weighted by Gasteiger charge is 2.14. The Labute approximate surface area is 173 Å². The molecule has 0 radical (unpaired) electrons. The van der Waals surface area contributed by atoms with E-state index in [0.717, 1.165) is 27.1 Å². The summed E-state index contributed by atoms with van der Waals surface area (Å²) in [6.45, 7) is 6.61. The van der Waals surface area contributed by atoms with E-state index in [4.69, 9.17) is 11.6 Å². The van der Waals surface area contributed by atoms with Gasteiger partial charge in [-0.05, 0) is 36.2 Å². The molecule has 0 aliphatic carbocycles. The minimum atomic E-state index is -0.123. The lowest BCUT2D eigenvalue weighted by Crippen LogP contribution is -2.25. The Balaban J connectivity index is 1.68. The molecule has 0 aliphatic rings. The van der Waals surface area contributed by atoms with Crippen LogP contribution in [0.4, 0.5) is 0 Å². The van der Waals surface area contributed by atoms with Crippen LogP contribution in [0.2, 0.25) is 5.02 Å². The van der Waals surface area contributed by atoms with E-state index in [1.807, 2.05) is 60.0 Å². The number of carbonyl (C=O) groups excluding carboxylic acids is 1. The molecule has 0 fully saturated rings. The van der Waals surface area contributed by atoms with Gasteiger partial charge in [0.1, 0.15) is 0 Å². The van der Waals surface area contributed by atoms with Crippen molar-refractivity contribution in [3.63, 3.8) is 0 Å². The van der Waals surface area contributed by atoms with Crippen molar-refractivity contribution in [2.45, 2.75) is 30.9 Å². The van der Waals surface area contributed by atoms with Crippen LogP contribution in [0.25, 0.3) is 0 Å². The van der Waals surface area contributed by atoms with E-state index in [9.17, 15) is 4.79 Å². The van der Waals surface area contributed by atoms with Gasteiger partial charge in [-0.25, -0.2) is 0 Å². The first-order valence-corrected chi connectivity index (χ1v) is 10.2. The maximum atomic E-state index is 12.4. The van der Waals surface area contributed by atoms with E-state index in [1.165, 1.54) is 0 Å². The molecule has 3 aromatic rings. The van der Waals surface area contributed by atoms with E-state index in [2.05, 4.69) is 22.1 Å². The molecule has 1 N–H and O–H groups in total. The predicted octanol–water partition coefficient (Wildman–Crippen LogP) is 4.65. The van der Waals surface area contributed by atoms with Gasteiger partial charge in [-0.3, -0.25) is 4.79 Å². The van der Waals surface area contributed by atoms with E-state index in [-0.39, 0.29) is 5.91 Å². The van der Waals surface area contributed by atoms with Gasteiger partial charge in [0, 0.05) is 22.9 Å². The lowest BCUT2D eigenvalue weighted by atomic mass is 10.1. The second-order valence-corrected chi connectivity index (χ2v) is 7.59. The third kappa shape index (κ3) is 5.03. The Morgan fingerprint density at radius 1 is 1.21 bits per heavy atom. The zero-order chi connectivity index (χ0) is 19.9. The lowest BCUT2D eigenvalue weighted by molar-refractivity contribution is 0.0949. The number of nitrogens with one attached hydrogen (secondary N) is 1. The van der Waals surface area contributed by atoms with Crippen molar-refractivity contribution < 1.29 is 4.79 Å². The Morgan fingerprint density at radius 2 is 1.96 bits per heavy atom. The zero-order valence-corrected chi connectivity index (χ0v) is 17.1. The first-order chi connectivity index (χ1) is 13.6. The molecule has 7 heteroatoms. The Morgan fingerprint density at radius 3 is 2.68 bits per heavy atom. The molecule has 0 bridgehead atoms. The summed E-state index contributed by atoms with van der Waals surface area (Å²) in [5.74, 6) is 1.32. The van der Waals surface area contributed by atoms with Crippen molar-refractivity contribution in [1.29, 1.82) is 0 Å². The molecule has 5 nitrogen and oxygen atoms in total. The molecule has 0 unspecified atom stereocenters. The number of nitrogens with zero attached hydrogens (tertiary/aromatic N) is 3. The summed E-state index contributed by atoms with van der Waals surface area (Å²) >= 11 is 7.52. The molecule has 2 aromatic carbocycles. The molecule has 0 atom stereocenters. The highest BCUT2D eigenvalue weighted by molar-refractivity contribution is 7.98. The summed E-state index contributed by atoms with van der Waals surface area (Å²) in [5.41, 5.74) is 2.75. The molecule has 1 heterocycles. The van der Waals surface area contributed by atoms with Crippen LogP contribution in [0.1, 0.15) is 27.3 Å². The van der Waals surface area contributed by atoms with Gasteiger partial charge in [0.05, 0.1) is 6.54 Å². The number of hydrogen-bond acceptors (Lipinski definition) is 4. The second-order valence-electron chi connectivity index (χ2n) is 6.21. The van der Waals surface area contributed by atoms with Crippen LogP contribution in [-0.2, 0) is 18.8 Å². The van der Waals surface area contributed by atoms with Crippen LogP contribution in [0, 0.1) is 6.92 Å². The van der Waals surface area contributed by atoms with Crippen LogP contribution >= 0.6 is 23.4 Å². The van der Waals surface area contributed by atoms with Gasteiger partial charge >= 0.3 is 0 Å². The van der Waals surface area contributed by atoms with Crippen molar-refractivity contribution in [3.8, 4) is 0 Å². The van der Waals surface area contributed by atoms with Crippen LogP contribution < -0.4 is 5.32 Å². The number of hydrogen-bond donors (Lipinski definition) is 1. The van der Waals surface area contributed by atoms with Gasteiger partial charge in [0.2, 0.25) is 0 Å². The number of amides is 1. The molecule has 1 amide bonds. The maximum absolute atomic E-state index is 12.4. The summed E-state index contributed by atoms with van der Waals surface area (Å²) in [7, 11) is 0. The lowest BCUT2D eigenvalue weighted by Gasteiger charge is -2.10. The number of benzene rings is 2. The fourth-order valence-electron chi connectivity index (χ4n) is 2.68. The molecular weight excluding hydrogens is 392 g/mol. The highest BCUT2D eigenvalue weighted by atomic mass is 35.5. The van der Waals surface area contributed by atoms with Crippen LogP contribution in [-0.4, -0.2) is 20.7 Å². The van der Waals surface area contributed by atoms with Crippen molar-refractivity contribution in [3.05, 3.63) is 88.7 Å². The van der Waals surface area contributed by atoms with E-state index in [1.54, 1.807) is 17.8 Å². The molecule has 1 aromatic heterocycles. The standard InChI is InChI=1S/C21H21ClN4OS/c1-3-12-26-19(13-23-20(27)18-7-5-4-6-15(18)2)24-25-21(26)28-14-16-8-10-17(22)11-9-16/h3-11H,1,12-14H2,2H3,(H,23,27). The molecule has 0 spiro atoms. The minimum absolute atomic E-state index is 0.123. The summed E-state index contributed by atoms with van der Waals surface area (Å²) in [6.07, 6.45) is 1.79. The smallest absolute Gasteiger partial charge is 0.251 e. The monoisotopic (exact) mass is 412 g/mol. The molecule has 0 aliphatic heterocycles. The Hall–Kier alpha value is -2.57. The third-order valence-electron chi connectivity index (χ3n) is 4.18. The molecule has 0 saturated heterocycles. The molecule has 3 rings (SSSR count). The van der Waals surface area contributed by atoms with Crippen molar-refractivity contribution in [2.24, 2.45) is 0 Å². The molecular formula is C21H21ClN4OS. The topological polar surface area (TPSA) is 59.8 Å². The number of carbonyl (C=O) groups is 1. The van der Waals surface area contributed by atoms with Gasteiger partial charge in [0.25, 0.3) is 5.91 Å². The Kier molecular flexibility index (Phi) is 6.90. The SMILES string of the molecule is C=CCn1c(CNC(=O)c2ccccc2C)nnc1SCc1ccc(Cl)cc1. The fraction of sp³-hybridized carbons (Fsp3) is 0.190. The molecule has 144 valence electrons. The maximum Gasteiger partial charge on any atom is 0.251 e. The first kappa shape index (κ1) is 20.2. The summed E-state index contributed by atoms with van der Waals surface area (Å²) in [4.78, 5) is 12.4. The van der Waals surface area contributed by atoms with Gasteiger partial charge < -0.3 is 9.88 Å². The quantitative estimate of drug-likeness (QED) is 0.432. The van der Waals surface area contributed by atoms with Crippen molar-refractivity contribution >= 4 is 29.3 Å². The number of allylic oxidation sites excluding steroid dienone is 1. The van der Waals surface area contributed by atoms with Crippen molar-refractivity contribution in [2.75, 3.05) is 0 Å². The van der Waals surface area contributed by atoms with Gasteiger partial charge in [-0.2, -0.15) is 0 Å². The summed E-state index contributed by atoms with van der Waals surface area (Å²) in [6, 6.07) is 15.2. The van der Waals surface area contributed by atoms with Crippen molar-refractivity contribution in [1.82, 2.24) is 20.1 Å². The number of aryl methyl sites for hydroxylation is 1. The summed E-state index contributed by atoms with van der Waals surface area (Å²) < 4.78 is 1.96. The van der Waals surface area contributed by atoms with E-state index >= 15 is 0 Å². The average molecular weight is 413 g/mol. The zero-order valence-electron chi connectivity index (χ0n) is 15.6. The van der Waals surface area contributed by atoms with E-state index < -0.39 is 0 Å². The molecule has 28 heavy (non-hydrogen) atoms. The number of aromatic nitrogens is 3. The van der Waals surface area contributed by atoms with Gasteiger partial charge in [-0.15, -0.1) is 16.8 Å². The normalized spacial score (nSPS) is 10.6. The van der Waals surface area contributed by atoms with Crippen LogP contribution in [0.5, 0.6) is 0 Å². The van der Waals surface area contributed by atoms with E-state index in [0.29, 0.717) is 24.5 Å². The number of thioether (sulfide) groups is 1. The first-order valence-electron chi connectivity index (χ1n) is 8.82. The molecule has 0 saturated carbocycles. The highest BCUT2D eigenvalue weighted by Crippen LogP contribution is 2.23. The predicted molar refractivity (Wildman–Crippen MR) is 114 cm³/mol. The third-order valence-corrected chi connectivity index (χ3v) is 5.47. The minimum Gasteiger partial charge on any atom is -0.345 e. The number of halogens is 1. The van der Waals surface area contributed by atoms with Gasteiger partial charge in [0.15, 0.2) is 11.0 Å². The fourth-order valence-corrected chi connectivity index (χ4v) is 3.73. The van der Waals surface area contributed by atoms with Crippen LogP contribution in [0.3, 0.4) is 0 Å². The van der Waals surface area contributed by atoms with Gasteiger partial charge in [-0.1, -0.05) is 59.8 Å². The van der Waals surface area contributed by atoms with Crippen LogP contribution in [0.15, 0.2) is 66.3 Å².